The number of piperazine rings is 1. The molecule has 0 aromatic carbocycles. The zero-order chi connectivity index (χ0) is 13.8. The molecule has 6 heteroatoms. The summed E-state index contributed by atoms with van der Waals surface area (Å²) < 4.78 is 5.17. The fraction of sp³-hybridized carbons (Fsp3) is 0.846. The molecule has 0 radical (unpaired) electrons. The van der Waals surface area contributed by atoms with Crippen molar-refractivity contribution >= 4 is 12.0 Å². The van der Waals surface area contributed by atoms with E-state index in [0.717, 1.165) is 25.9 Å². The average molecular weight is 269 g/mol. The maximum atomic E-state index is 12.0. The van der Waals surface area contributed by atoms with Gasteiger partial charge in [0.25, 0.3) is 0 Å². The highest BCUT2D eigenvalue weighted by molar-refractivity contribution is 5.78. The molecule has 2 saturated heterocycles. The second kappa shape index (κ2) is 6.23. The van der Waals surface area contributed by atoms with Crippen LogP contribution in [0.2, 0.25) is 0 Å². The molecule has 0 aromatic heterocycles. The van der Waals surface area contributed by atoms with Gasteiger partial charge in [-0.1, -0.05) is 13.3 Å². The number of ether oxygens (including phenoxy) is 1. The molecule has 2 atom stereocenters. The summed E-state index contributed by atoms with van der Waals surface area (Å²) in [5.74, 6) is -0.130. The van der Waals surface area contributed by atoms with Gasteiger partial charge in [0.2, 0.25) is 0 Å². The van der Waals surface area contributed by atoms with Crippen LogP contribution in [0.3, 0.4) is 0 Å². The third kappa shape index (κ3) is 3.00. The third-order valence-corrected chi connectivity index (χ3v) is 3.83. The predicted molar refractivity (Wildman–Crippen MR) is 70.8 cm³/mol. The molecule has 0 spiro atoms. The van der Waals surface area contributed by atoms with Gasteiger partial charge in [0.15, 0.2) is 0 Å². The van der Waals surface area contributed by atoms with E-state index in [1.165, 1.54) is 0 Å². The Morgan fingerprint density at radius 1 is 1.47 bits per heavy atom. The van der Waals surface area contributed by atoms with Crippen LogP contribution >= 0.6 is 0 Å². The molecule has 0 saturated carbocycles. The quantitative estimate of drug-likeness (QED) is 0.735. The summed E-state index contributed by atoms with van der Waals surface area (Å²) in [6.45, 7) is 7.19. The van der Waals surface area contributed by atoms with E-state index in [4.69, 9.17) is 4.74 Å². The molecule has 2 unspecified atom stereocenters. The first-order valence-electron chi connectivity index (χ1n) is 7.12. The lowest BCUT2D eigenvalue weighted by Crippen LogP contribution is -2.56. The first-order chi connectivity index (χ1) is 9.17. The van der Waals surface area contributed by atoms with Crippen LogP contribution in [0, 0.1) is 0 Å². The van der Waals surface area contributed by atoms with E-state index < -0.39 is 0 Å². The van der Waals surface area contributed by atoms with Crippen LogP contribution in [-0.2, 0) is 9.53 Å². The Bertz CT molecular complexity index is 348. The van der Waals surface area contributed by atoms with Gasteiger partial charge >= 0.3 is 12.0 Å². The van der Waals surface area contributed by atoms with E-state index in [2.05, 4.69) is 17.1 Å². The largest absolute Gasteiger partial charge is 0.465 e. The van der Waals surface area contributed by atoms with E-state index >= 15 is 0 Å². The minimum atomic E-state index is -0.164. The summed E-state index contributed by atoms with van der Waals surface area (Å²) in [7, 11) is 0. The van der Waals surface area contributed by atoms with E-state index in [9.17, 15) is 9.59 Å². The third-order valence-electron chi connectivity index (χ3n) is 3.83. The Labute approximate surface area is 114 Å². The Hall–Kier alpha value is -1.30. The van der Waals surface area contributed by atoms with Crippen LogP contribution in [0.15, 0.2) is 0 Å². The normalized spacial score (nSPS) is 24.8. The van der Waals surface area contributed by atoms with Crippen molar-refractivity contribution in [2.45, 2.75) is 38.8 Å². The molecule has 2 aliphatic heterocycles. The minimum Gasteiger partial charge on any atom is -0.465 e. The number of carbonyl (C=O) groups excluding carboxylic acids is 2. The fourth-order valence-corrected chi connectivity index (χ4v) is 2.87. The Kier molecular flexibility index (Phi) is 4.63. The molecular formula is C13H23N3O3. The smallest absolute Gasteiger partial charge is 0.323 e. The van der Waals surface area contributed by atoms with Crippen LogP contribution in [0.5, 0.6) is 0 Å². The fourth-order valence-electron chi connectivity index (χ4n) is 2.87. The van der Waals surface area contributed by atoms with Crippen molar-refractivity contribution < 1.29 is 14.3 Å². The highest BCUT2D eigenvalue weighted by atomic mass is 16.5. The second-order valence-electron chi connectivity index (χ2n) is 5.08. The molecular weight excluding hydrogens is 246 g/mol. The predicted octanol–water partition coefficient (Wildman–Crippen LogP) is 0.428. The molecule has 1 N–H and O–H groups in total. The average Bonchev–Trinajstić information content (AvgIpc) is 2.77. The monoisotopic (exact) mass is 269 g/mol. The van der Waals surface area contributed by atoms with E-state index in [0.29, 0.717) is 19.7 Å². The van der Waals surface area contributed by atoms with Crippen molar-refractivity contribution in [3.05, 3.63) is 0 Å². The van der Waals surface area contributed by atoms with Gasteiger partial charge in [-0.2, -0.15) is 0 Å². The number of nitrogens with zero attached hydrogens (tertiary/aromatic N) is 2. The van der Waals surface area contributed by atoms with Gasteiger partial charge in [-0.15, -0.1) is 0 Å². The van der Waals surface area contributed by atoms with Gasteiger partial charge in [-0.3, -0.25) is 9.69 Å². The van der Waals surface area contributed by atoms with Crippen LogP contribution in [0.25, 0.3) is 0 Å². The van der Waals surface area contributed by atoms with Crippen molar-refractivity contribution in [3.8, 4) is 0 Å². The summed E-state index contributed by atoms with van der Waals surface area (Å²) >= 11 is 0. The first-order valence-corrected chi connectivity index (χ1v) is 7.12. The number of esters is 1. The number of rotatable bonds is 5. The Morgan fingerprint density at radius 2 is 2.26 bits per heavy atom. The zero-order valence-electron chi connectivity index (χ0n) is 11.7. The second-order valence-corrected chi connectivity index (χ2v) is 5.08. The molecule has 0 aromatic rings. The van der Waals surface area contributed by atoms with Crippen molar-refractivity contribution in [1.82, 2.24) is 15.1 Å². The molecule has 0 aliphatic carbocycles. The number of fused-ring (bicyclic) bond motifs is 1. The number of urea groups is 1. The van der Waals surface area contributed by atoms with Crippen LogP contribution in [-0.4, -0.2) is 66.7 Å². The molecule has 2 aliphatic rings. The number of amides is 2. The van der Waals surface area contributed by atoms with Crippen molar-refractivity contribution in [2.24, 2.45) is 0 Å². The number of hydrogen-bond acceptors (Lipinski definition) is 4. The lowest BCUT2D eigenvalue weighted by Gasteiger charge is -2.39. The Morgan fingerprint density at radius 3 is 2.95 bits per heavy atom. The molecule has 0 bridgehead atoms. The maximum absolute atomic E-state index is 12.0. The van der Waals surface area contributed by atoms with Crippen molar-refractivity contribution in [3.63, 3.8) is 0 Å². The highest BCUT2D eigenvalue weighted by Crippen LogP contribution is 2.19. The maximum Gasteiger partial charge on any atom is 0.323 e. The topological polar surface area (TPSA) is 61.9 Å². The molecule has 2 amide bonds. The minimum absolute atomic E-state index is 0.0211. The standard InChI is InChI=1S/C13H23N3O3/c1-3-5-11(12(17)19-4-2)15-6-7-16-10(9-15)8-14-13(16)18/h10-11H,3-9H2,1-2H3,(H,14,18). The number of nitrogens with one attached hydrogen (secondary N) is 1. The summed E-state index contributed by atoms with van der Waals surface area (Å²) in [6.07, 6.45) is 1.76. The molecule has 19 heavy (non-hydrogen) atoms. The molecule has 2 rings (SSSR count). The number of hydrogen-bond donors (Lipinski definition) is 1. The summed E-state index contributed by atoms with van der Waals surface area (Å²) in [6, 6.07) is 0.0469. The van der Waals surface area contributed by atoms with Gasteiger partial charge < -0.3 is 15.0 Å². The van der Waals surface area contributed by atoms with Gasteiger partial charge in [-0.25, -0.2) is 4.79 Å². The summed E-state index contributed by atoms with van der Waals surface area (Å²) in [5.41, 5.74) is 0. The number of carbonyl (C=O) groups is 2. The molecule has 6 nitrogen and oxygen atoms in total. The van der Waals surface area contributed by atoms with Crippen LogP contribution in [0.1, 0.15) is 26.7 Å². The van der Waals surface area contributed by atoms with Crippen molar-refractivity contribution in [2.75, 3.05) is 32.8 Å². The van der Waals surface area contributed by atoms with Gasteiger partial charge in [-0.05, 0) is 13.3 Å². The van der Waals surface area contributed by atoms with Crippen LogP contribution in [0.4, 0.5) is 4.79 Å². The first kappa shape index (κ1) is 14.1. The lowest BCUT2D eigenvalue weighted by atomic mass is 10.1. The van der Waals surface area contributed by atoms with Gasteiger partial charge in [0.1, 0.15) is 6.04 Å². The Balaban J connectivity index is 1.99. The highest BCUT2D eigenvalue weighted by Gasteiger charge is 2.39. The SMILES string of the molecule is CCCC(C(=O)OCC)N1CCN2C(=O)NCC2C1. The molecule has 2 fully saturated rings. The molecule has 108 valence electrons. The van der Waals surface area contributed by atoms with Gasteiger partial charge in [0, 0.05) is 26.2 Å². The van der Waals surface area contributed by atoms with E-state index in [1.807, 2.05) is 11.8 Å². The summed E-state index contributed by atoms with van der Waals surface area (Å²) in [5, 5.41) is 2.85. The van der Waals surface area contributed by atoms with E-state index in [1.54, 1.807) is 0 Å². The molecule has 2 heterocycles. The summed E-state index contributed by atoms with van der Waals surface area (Å²) in [4.78, 5) is 27.6. The lowest BCUT2D eigenvalue weighted by molar-refractivity contribution is -0.150. The van der Waals surface area contributed by atoms with Crippen molar-refractivity contribution in [1.29, 1.82) is 0 Å². The van der Waals surface area contributed by atoms with Crippen LogP contribution < -0.4 is 5.32 Å². The van der Waals surface area contributed by atoms with Gasteiger partial charge in [0.05, 0.1) is 12.6 Å². The zero-order valence-corrected chi connectivity index (χ0v) is 11.7. The van der Waals surface area contributed by atoms with E-state index in [-0.39, 0.29) is 24.1 Å².